The minimum atomic E-state index is -1.65. The van der Waals surface area contributed by atoms with Crippen LogP contribution in [0.3, 0.4) is 0 Å². The van der Waals surface area contributed by atoms with Gasteiger partial charge in [-0.3, -0.25) is 0 Å². The van der Waals surface area contributed by atoms with Gasteiger partial charge in [-0.2, -0.15) is 0 Å². The highest BCUT2D eigenvalue weighted by Crippen LogP contribution is 2.07. The third-order valence-corrected chi connectivity index (χ3v) is 6.26. The van der Waals surface area contributed by atoms with Crippen molar-refractivity contribution in [1.29, 1.82) is 0 Å². The van der Waals surface area contributed by atoms with Crippen LogP contribution in [0.5, 0.6) is 0 Å². The van der Waals surface area contributed by atoms with Crippen LogP contribution in [-0.2, 0) is 19.0 Å². The van der Waals surface area contributed by atoms with Crippen LogP contribution in [0.1, 0.15) is 13.8 Å². The highest BCUT2D eigenvalue weighted by Gasteiger charge is 2.19. The number of esters is 1. The SMILES string of the molecule is CCOCCOCC(=O)O[C@@H](C)/C=C/[Si](C)(C)c1ccccc1. The summed E-state index contributed by atoms with van der Waals surface area (Å²) in [6.07, 6.45) is 1.71. The lowest BCUT2D eigenvalue weighted by Crippen LogP contribution is -2.39. The van der Waals surface area contributed by atoms with Crippen molar-refractivity contribution in [2.75, 3.05) is 26.4 Å². The van der Waals surface area contributed by atoms with E-state index >= 15 is 0 Å². The van der Waals surface area contributed by atoms with Crippen LogP contribution in [0.2, 0.25) is 13.1 Å². The Bertz CT molecular complexity index is 485. The predicted molar refractivity (Wildman–Crippen MR) is 95.6 cm³/mol. The van der Waals surface area contributed by atoms with Crippen molar-refractivity contribution in [2.45, 2.75) is 33.0 Å². The van der Waals surface area contributed by atoms with Gasteiger partial charge in [0, 0.05) is 6.61 Å². The van der Waals surface area contributed by atoms with E-state index in [0.717, 1.165) is 0 Å². The Morgan fingerprint density at radius 2 is 1.83 bits per heavy atom. The summed E-state index contributed by atoms with van der Waals surface area (Å²) in [5.74, 6) is -0.349. The summed E-state index contributed by atoms with van der Waals surface area (Å²) >= 11 is 0. The second-order valence-corrected chi connectivity index (χ2v) is 10.2. The van der Waals surface area contributed by atoms with Gasteiger partial charge in [-0.05, 0) is 13.8 Å². The Labute approximate surface area is 140 Å². The number of ether oxygens (including phenoxy) is 3. The van der Waals surface area contributed by atoms with E-state index in [1.165, 1.54) is 5.19 Å². The van der Waals surface area contributed by atoms with Gasteiger partial charge < -0.3 is 14.2 Å². The van der Waals surface area contributed by atoms with Gasteiger partial charge in [0.15, 0.2) is 0 Å². The van der Waals surface area contributed by atoms with Crippen LogP contribution in [0.15, 0.2) is 42.1 Å². The molecule has 0 aliphatic heterocycles. The molecule has 0 unspecified atom stereocenters. The molecule has 128 valence electrons. The van der Waals surface area contributed by atoms with Crippen LogP contribution in [0.25, 0.3) is 0 Å². The van der Waals surface area contributed by atoms with Gasteiger partial charge >= 0.3 is 5.97 Å². The zero-order chi connectivity index (χ0) is 17.1. The summed E-state index contributed by atoms with van der Waals surface area (Å²) in [5, 5.41) is 1.36. The molecule has 0 N–H and O–H groups in total. The molecule has 0 radical (unpaired) electrons. The molecule has 0 fully saturated rings. The highest BCUT2D eigenvalue weighted by atomic mass is 28.3. The first-order valence-corrected chi connectivity index (χ1v) is 11.1. The molecule has 0 saturated heterocycles. The van der Waals surface area contributed by atoms with Crippen LogP contribution in [0, 0.1) is 0 Å². The third-order valence-electron chi connectivity index (χ3n) is 3.42. The second-order valence-electron chi connectivity index (χ2n) is 5.89. The molecule has 0 aromatic heterocycles. The Hall–Kier alpha value is -1.43. The van der Waals surface area contributed by atoms with Crippen molar-refractivity contribution in [3.63, 3.8) is 0 Å². The standard InChI is InChI=1S/C18H28O4Si/c1-5-20-12-13-21-15-18(19)22-16(2)11-14-23(3,4)17-9-7-6-8-10-17/h6-11,14,16H,5,12-13,15H2,1-4H3/b14-11+/t16-/m0/s1. The lowest BCUT2D eigenvalue weighted by Gasteiger charge is -2.19. The maximum absolute atomic E-state index is 11.7. The molecule has 5 heteroatoms. The molecule has 1 aromatic rings. The monoisotopic (exact) mass is 336 g/mol. The zero-order valence-corrected chi connectivity index (χ0v) is 15.6. The first-order chi connectivity index (χ1) is 11.0. The van der Waals surface area contributed by atoms with E-state index in [0.29, 0.717) is 19.8 Å². The molecule has 0 heterocycles. The molecule has 0 aliphatic rings. The predicted octanol–water partition coefficient (Wildman–Crippen LogP) is 2.68. The Morgan fingerprint density at radius 3 is 2.48 bits per heavy atom. The lowest BCUT2D eigenvalue weighted by molar-refractivity contribution is -0.152. The molecule has 1 rings (SSSR count). The van der Waals surface area contributed by atoms with Crippen molar-refractivity contribution in [3.8, 4) is 0 Å². The number of rotatable bonds is 10. The number of hydrogen-bond acceptors (Lipinski definition) is 4. The Morgan fingerprint density at radius 1 is 1.17 bits per heavy atom. The van der Waals surface area contributed by atoms with Crippen molar-refractivity contribution in [2.24, 2.45) is 0 Å². The highest BCUT2D eigenvalue weighted by molar-refractivity contribution is 6.93. The fourth-order valence-electron chi connectivity index (χ4n) is 2.04. The fourth-order valence-corrected chi connectivity index (χ4v) is 4.03. The largest absolute Gasteiger partial charge is 0.457 e. The molecular weight excluding hydrogens is 308 g/mol. The van der Waals surface area contributed by atoms with E-state index in [-0.39, 0.29) is 18.7 Å². The van der Waals surface area contributed by atoms with Gasteiger partial charge in [-0.25, -0.2) is 4.79 Å². The summed E-state index contributed by atoms with van der Waals surface area (Å²) in [7, 11) is -1.65. The van der Waals surface area contributed by atoms with Gasteiger partial charge in [0.25, 0.3) is 0 Å². The van der Waals surface area contributed by atoms with Crippen molar-refractivity contribution >= 4 is 19.2 Å². The van der Waals surface area contributed by atoms with E-state index in [1.807, 2.05) is 26.0 Å². The van der Waals surface area contributed by atoms with Gasteiger partial charge in [-0.1, -0.05) is 60.4 Å². The van der Waals surface area contributed by atoms with E-state index in [9.17, 15) is 4.79 Å². The summed E-state index contributed by atoms with van der Waals surface area (Å²) in [6.45, 7) is 9.83. The van der Waals surface area contributed by atoms with Crippen LogP contribution in [-0.4, -0.2) is 46.6 Å². The summed E-state index contributed by atoms with van der Waals surface area (Å²) in [6, 6.07) is 10.4. The molecule has 0 saturated carbocycles. The zero-order valence-electron chi connectivity index (χ0n) is 14.6. The minimum absolute atomic E-state index is 0.0369. The molecule has 1 aromatic carbocycles. The van der Waals surface area contributed by atoms with Crippen molar-refractivity contribution in [3.05, 3.63) is 42.1 Å². The maximum Gasteiger partial charge on any atom is 0.332 e. The summed E-state index contributed by atoms with van der Waals surface area (Å²) in [5.41, 5.74) is 2.20. The quantitative estimate of drug-likeness (QED) is 0.374. The molecular formula is C18H28O4Si. The third kappa shape index (κ3) is 8.11. The normalized spacial score (nSPS) is 13.2. The lowest BCUT2D eigenvalue weighted by atomic mass is 10.4. The minimum Gasteiger partial charge on any atom is -0.457 e. The number of carbonyl (C=O) groups excluding carboxylic acids is 1. The Kier molecular flexibility index (Phi) is 8.84. The fraction of sp³-hybridized carbons (Fsp3) is 0.500. The topological polar surface area (TPSA) is 44.8 Å². The van der Waals surface area contributed by atoms with Gasteiger partial charge in [-0.15, -0.1) is 0 Å². The van der Waals surface area contributed by atoms with Crippen LogP contribution in [0.4, 0.5) is 0 Å². The number of carbonyl (C=O) groups is 1. The summed E-state index contributed by atoms with van der Waals surface area (Å²) < 4.78 is 15.6. The number of hydrogen-bond donors (Lipinski definition) is 0. The average molecular weight is 337 g/mol. The van der Waals surface area contributed by atoms with E-state index < -0.39 is 8.07 Å². The first-order valence-electron chi connectivity index (χ1n) is 8.05. The molecule has 23 heavy (non-hydrogen) atoms. The van der Waals surface area contributed by atoms with Gasteiger partial charge in [0.05, 0.1) is 13.2 Å². The van der Waals surface area contributed by atoms with Crippen LogP contribution >= 0.6 is 0 Å². The van der Waals surface area contributed by atoms with Crippen molar-refractivity contribution < 1.29 is 19.0 Å². The van der Waals surface area contributed by atoms with E-state index in [1.54, 1.807) is 0 Å². The molecule has 1 atom stereocenters. The average Bonchev–Trinajstić information content (AvgIpc) is 2.54. The number of benzene rings is 1. The molecule has 0 aliphatic carbocycles. The van der Waals surface area contributed by atoms with E-state index in [4.69, 9.17) is 14.2 Å². The second kappa shape index (κ2) is 10.4. The summed E-state index contributed by atoms with van der Waals surface area (Å²) in [4.78, 5) is 11.7. The van der Waals surface area contributed by atoms with Crippen LogP contribution < -0.4 is 5.19 Å². The molecule has 0 amide bonds. The molecule has 0 bridgehead atoms. The smallest absolute Gasteiger partial charge is 0.332 e. The maximum atomic E-state index is 11.7. The molecule has 0 spiro atoms. The molecule has 4 nitrogen and oxygen atoms in total. The van der Waals surface area contributed by atoms with Gasteiger partial charge in [0.2, 0.25) is 0 Å². The van der Waals surface area contributed by atoms with Gasteiger partial charge in [0.1, 0.15) is 20.8 Å². The van der Waals surface area contributed by atoms with Crippen molar-refractivity contribution in [1.82, 2.24) is 0 Å². The van der Waals surface area contributed by atoms with E-state index in [2.05, 4.69) is 43.1 Å². The first kappa shape index (κ1) is 19.6. The Balaban J connectivity index is 2.37.